The van der Waals surface area contributed by atoms with E-state index in [0.717, 1.165) is 24.8 Å². The molecule has 3 rings (SSSR count). The van der Waals surface area contributed by atoms with Gasteiger partial charge < -0.3 is 24.1 Å². The van der Waals surface area contributed by atoms with Crippen LogP contribution in [0.25, 0.3) is 6.08 Å². The van der Waals surface area contributed by atoms with Crippen LogP contribution in [-0.2, 0) is 19.1 Å². The maximum atomic E-state index is 13.2. The van der Waals surface area contributed by atoms with E-state index in [1.165, 1.54) is 0 Å². The predicted octanol–water partition coefficient (Wildman–Crippen LogP) is 3.62. The van der Waals surface area contributed by atoms with E-state index in [1.807, 2.05) is 19.9 Å². The molecule has 7 atom stereocenters. The molecule has 34 heavy (non-hydrogen) atoms. The lowest BCUT2D eigenvalue weighted by Gasteiger charge is -2.34. The molecule has 1 aromatic rings. The number of aliphatic hydroxyl groups is 2. The summed E-state index contributed by atoms with van der Waals surface area (Å²) >= 11 is 0. The first-order valence-corrected chi connectivity index (χ1v) is 12.3. The van der Waals surface area contributed by atoms with Crippen molar-refractivity contribution >= 4 is 17.8 Å². The third-order valence-electron chi connectivity index (χ3n) is 7.41. The van der Waals surface area contributed by atoms with Crippen LogP contribution in [0.3, 0.4) is 0 Å². The van der Waals surface area contributed by atoms with Crippen molar-refractivity contribution < 1.29 is 33.7 Å². The summed E-state index contributed by atoms with van der Waals surface area (Å²) in [6, 6.07) is 0. The number of fused-ring (bicyclic) bond motifs is 1. The first kappa shape index (κ1) is 26.6. The van der Waals surface area contributed by atoms with E-state index in [-0.39, 0.29) is 30.3 Å². The summed E-state index contributed by atoms with van der Waals surface area (Å²) < 4.78 is 16.9. The number of rotatable bonds is 2. The van der Waals surface area contributed by atoms with Crippen LogP contribution >= 0.6 is 0 Å². The lowest BCUT2D eigenvalue weighted by Crippen LogP contribution is -2.45. The van der Waals surface area contributed by atoms with Crippen LogP contribution < -0.4 is 0 Å². The smallest absolute Gasteiger partial charge is 0.309 e. The molecule has 0 bridgehead atoms. The normalized spacial score (nSPS) is 36.0. The van der Waals surface area contributed by atoms with Crippen molar-refractivity contribution in [3.8, 4) is 0 Å². The van der Waals surface area contributed by atoms with Crippen LogP contribution in [0.4, 0.5) is 0 Å². The quantitative estimate of drug-likeness (QED) is 0.489. The number of aryl methyl sites for hydroxylation is 1. The molecule has 0 radical (unpaired) electrons. The van der Waals surface area contributed by atoms with Gasteiger partial charge in [-0.25, -0.2) is 4.98 Å². The first-order valence-electron chi connectivity index (χ1n) is 12.3. The van der Waals surface area contributed by atoms with E-state index in [0.29, 0.717) is 18.0 Å². The fourth-order valence-corrected chi connectivity index (χ4v) is 4.78. The largest absolute Gasteiger partial charge is 0.458 e. The summed E-state index contributed by atoms with van der Waals surface area (Å²) in [6.07, 6.45) is 3.51. The maximum Gasteiger partial charge on any atom is 0.309 e. The standard InChI is InChI=1S/C26H39NO7/c1-14-8-7-9-19-21(33-19)11-20(15(2)10-18-13-32-17(4)27-18)34-23(29)12-22(28)26(5,6)25(31)16(3)24(14)30/h10,13-14,16,19-22,24,28,30H,7-9,11-12H2,1-6H3/b15-10+/t14-,16+,19+,20-,21-,22-,24?/m0/s1. The van der Waals surface area contributed by atoms with Crippen LogP contribution in [0.5, 0.6) is 0 Å². The van der Waals surface area contributed by atoms with Crippen LogP contribution in [0.2, 0.25) is 0 Å². The third kappa shape index (κ3) is 6.34. The van der Waals surface area contributed by atoms with E-state index < -0.39 is 35.6 Å². The molecule has 0 aliphatic carbocycles. The van der Waals surface area contributed by atoms with Crippen molar-refractivity contribution in [2.24, 2.45) is 17.3 Å². The number of cyclic esters (lactones) is 1. The molecule has 2 fully saturated rings. The number of hydrogen-bond acceptors (Lipinski definition) is 8. The molecular formula is C26H39NO7. The zero-order chi connectivity index (χ0) is 25.2. The SMILES string of the molecule is C/C(=C\c1coc(C)n1)[C@@H]1C[C@@H]2O[C@@H]2CCC[C@H](C)C(O)[C@@H](C)C(=O)C(C)(C)[C@@H](O)CC(=O)O1. The zero-order valence-corrected chi connectivity index (χ0v) is 21.1. The minimum Gasteiger partial charge on any atom is -0.458 e. The number of carbonyl (C=O) groups is 2. The monoisotopic (exact) mass is 477 g/mol. The summed E-state index contributed by atoms with van der Waals surface area (Å²) in [5.74, 6) is -1.03. The highest BCUT2D eigenvalue weighted by atomic mass is 16.6. The Morgan fingerprint density at radius 2 is 1.88 bits per heavy atom. The Hall–Kier alpha value is -2.03. The Morgan fingerprint density at radius 3 is 2.53 bits per heavy atom. The minimum absolute atomic E-state index is 0.0183. The number of epoxide rings is 1. The molecule has 0 spiro atoms. The number of aliphatic hydroxyl groups excluding tert-OH is 2. The van der Waals surface area contributed by atoms with E-state index >= 15 is 0 Å². The van der Waals surface area contributed by atoms with Crippen LogP contribution in [0.15, 0.2) is 16.3 Å². The second-order valence-electron chi connectivity index (χ2n) is 10.6. The Labute approximate surface area is 201 Å². The van der Waals surface area contributed by atoms with Crippen LogP contribution in [0.1, 0.15) is 78.3 Å². The fraction of sp³-hybridized carbons (Fsp3) is 0.731. The number of ether oxygens (including phenoxy) is 2. The molecule has 0 aromatic carbocycles. The average molecular weight is 478 g/mol. The molecule has 1 aromatic heterocycles. The molecule has 2 aliphatic rings. The van der Waals surface area contributed by atoms with Gasteiger partial charge in [0.1, 0.15) is 23.8 Å². The van der Waals surface area contributed by atoms with Gasteiger partial charge in [-0.05, 0) is 37.3 Å². The van der Waals surface area contributed by atoms with Gasteiger partial charge in [0.25, 0.3) is 0 Å². The summed E-state index contributed by atoms with van der Waals surface area (Å²) in [6.45, 7) is 10.5. The summed E-state index contributed by atoms with van der Waals surface area (Å²) in [4.78, 5) is 30.3. The van der Waals surface area contributed by atoms with E-state index in [4.69, 9.17) is 13.9 Å². The van der Waals surface area contributed by atoms with Gasteiger partial charge in [0.05, 0.1) is 36.3 Å². The first-order chi connectivity index (χ1) is 15.9. The lowest BCUT2D eigenvalue weighted by atomic mass is 9.73. The van der Waals surface area contributed by atoms with Crippen molar-refractivity contribution in [1.82, 2.24) is 4.98 Å². The van der Waals surface area contributed by atoms with Crippen molar-refractivity contribution in [3.63, 3.8) is 0 Å². The van der Waals surface area contributed by atoms with Gasteiger partial charge in [0, 0.05) is 19.3 Å². The number of nitrogens with zero attached hydrogens (tertiary/aromatic N) is 1. The molecule has 8 nitrogen and oxygen atoms in total. The van der Waals surface area contributed by atoms with Crippen molar-refractivity contribution in [2.75, 3.05) is 0 Å². The molecule has 2 saturated heterocycles. The Kier molecular flexibility index (Phi) is 8.37. The van der Waals surface area contributed by atoms with Gasteiger partial charge in [-0.2, -0.15) is 0 Å². The van der Waals surface area contributed by atoms with Gasteiger partial charge in [0.2, 0.25) is 0 Å². The van der Waals surface area contributed by atoms with Gasteiger partial charge in [-0.1, -0.05) is 34.1 Å². The van der Waals surface area contributed by atoms with Crippen molar-refractivity contribution in [1.29, 1.82) is 0 Å². The van der Waals surface area contributed by atoms with Crippen LogP contribution in [-0.4, -0.2) is 57.5 Å². The third-order valence-corrected chi connectivity index (χ3v) is 7.41. The minimum atomic E-state index is -1.24. The Balaban J connectivity index is 1.81. The fourth-order valence-electron chi connectivity index (χ4n) is 4.78. The van der Waals surface area contributed by atoms with Gasteiger partial charge in [-0.3, -0.25) is 9.59 Å². The summed E-state index contributed by atoms with van der Waals surface area (Å²) in [5.41, 5.74) is 0.228. The molecule has 2 N–H and O–H groups in total. The van der Waals surface area contributed by atoms with Gasteiger partial charge >= 0.3 is 5.97 Å². The maximum absolute atomic E-state index is 13.2. The number of carbonyl (C=O) groups excluding carboxylic acids is 2. The summed E-state index contributed by atoms with van der Waals surface area (Å²) in [7, 11) is 0. The molecule has 0 saturated carbocycles. The highest BCUT2D eigenvalue weighted by molar-refractivity contribution is 5.88. The number of ketones is 1. The van der Waals surface area contributed by atoms with Gasteiger partial charge in [-0.15, -0.1) is 0 Å². The number of aromatic nitrogens is 1. The number of esters is 1. The molecule has 1 unspecified atom stereocenters. The van der Waals surface area contributed by atoms with E-state index in [9.17, 15) is 19.8 Å². The molecule has 2 aliphatic heterocycles. The Bertz CT molecular complexity index is 905. The molecule has 190 valence electrons. The van der Waals surface area contributed by atoms with E-state index in [2.05, 4.69) is 4.98 Å². The highest BCUT2D eigenvalue weighted by Crippen LogP contribution is 2.36. The molecule has 0 amide bonds. The topological polar surface area (TPSA) is 122 Å². The molecular weight excluding hydrogens is 438 g/mol. The zero-order valence-electron chi connectivity index (χ0n) is 21.1. The van der Waals surface area contributed by atoms with E-state index in [1.54, 1.807) is 34.0 Å². The van der Waals surface area contributed by atoms with Crippen LogP contribution in [0, 0.1) is 24.2 Å². The Morgan fingerprint density at radius 1 is 1.18 bits per heavy atom. The average Bonchev–Trinajstić information content (AvgIpc) is 3.38. The highest BCUT2D eigenvalue weighted by Gasteiger charge is 2.44. The molecule has 8 heteroatoms. The number of Topliss-reactive ketones (excluding diaryl/α,β-unsaturated/α-hetero) is 1. The number of hydrogen-bond donors (Lipinski definition) is 2. The molecule has 3 heterocycles. The summed E-state index contributed by atoms with van der Waals surface area (Å²) in [5, 5.41) is 21.6. The van der Waals surface area contributed by atoms with Gasteiger partial charge in [0.15, 0.2) is 5.89 Å². The number of oxazole rings is 1. The van der Waals surface area contributed by atoms with Crippen molar-refractivity contribution in [2.45, 2.75) is 104 Å². The predicted molar refractivity (Wildman–Crippen MR) is 126 cm³/mol. The second kappa shape index (κ2) is 10.7. The van der Waals surface area contributed by atoms with Crippen molar-refractivity contribution in [3.05, 3.63) is 23.4 Å². The lowest BCUT2D eigenvalue weighted by molar-refractivity contribution is -0.154. The second-order valence-corrected chi connectivity index (χ2v) is 10.6.